The molecule has 2 aromatic rings. The average molecular weight is 1360 g/mol. The fourth-order valence-electron chi connectivity index (χ4n) is 10.4. The number of thioether (sulfide) groups is 1. The summed E-state index contributed by atoms with van der Waals surface area (Å²) in [7, 11) is 8.84. The van der Waals surface area contributed by atoms with Gasteiger partial charge in [-0.15, -0.1) is 0 Å². The highest BCUT2D eigenvalue weighted by Crippen LogP contribution is 2.49. The van der Waals surface area contributed by atoms with Crippen molar-refractivity contribution >= 4 is 109 Å². The van der Waals surface area contributed by atoms with Crippen molar-refractivity contribution in [2.75, 3.05) is 88.7 Å². The predicted molar refractivity (Wildman–Crippen MR) is 341 cm³/mol. The Morgan fingerprint density at radius 2 is 1.71 bits per heavy atom. The third kappa shape index (κ3) is 20.0. The summed E-state index contributed by atoms with van der Waals surface area (Å²) >= 11 is 10.8. The molecule has 0 radical (unpaired) electrons. The Kier molecular flexibility index (Phi) is 26.8. The number of epoxide rings is 1. The first-order valence-corrected chi connectivity index (χ1v) is 32.2. The maximum atomic E-state index is 14.4. The van der Waals surface area contributed by atoms with E-state index in [2.05, 4.69) is 37.2 Å². The molecule has 9 atom stereocenters. The average Bonchev–Trinajstić information content (AvgIpc) is 1.57. The summed E-state index contributed by atoms with van der Waals surface area (Å²) in [5.74, 6) is -2.88. The lowest BCUT2D eigenvalue weighted by Crippen LogP contribution is -2.63. The Morgan fingerprint density at radius 1 is 0.967 bits per heavy atom. The summed E-state index contributed by atoms with van der Waals surface area (Å²) in [4.78, 5) is 125. The Morgan fingerprint density at radius 3 is 2.43 bits per heavy atom. The first kappa shape index (κ1) is 72.2. The number of carbonyl (C=O) groups excluding carboxylic acids is 9. The number of aliphatic hydroxyl groups is 1. The third-order valence-corrected chi connectivity index (χ3v) is 18.0. The number of carbonyl (C=O) groups is 9. The molecule has 0 spiro atoms. The topological polar surface area (TPSA) is 303 Å². The van der Waals surface area contributed by atoms with E-state index >= 15 is 0 Å². The first-order chi connectivity index (χ1) is 42.7. The number of allylic oxidation sites excluding steroid dienone is 4. The molecule has 8 amide bonds. The number of hydrogen-bond donors (Lipinski definition) is 5. The van der Waals surface area contributed by atoms with Crippen LogP contribution in [0.2, 0.25) is 5.02 Å². The SMILES string of the molecule is COc1cc2cc(c1Cl)N(C)C(=O)C[C@H](OC(=O)[C@H](C)N(C)C(=O)CCSC(=O)N(C)CCN(C)C(=O)OCc1ccc(NC(=O)OC3/C=C/CCCCC3)c(NC(=O)CCNC(=O)CBr)c1)[C@]1(C)OC1[C@H](C)[C@@H]1C[C@@](O)(NC(=O)O1)[C@H](OC)/C=C/C=C(\C)C2. The van der Waals surface area contributed by atoms with Crippen molar-refractivity contribution in [1.29, 1.82) is 0 Å². The number of hydrogen-bond acceptors (Lipinski definition) is 18. The molecule has 6 rings (SSSR count). The van der Waals surface area contributed by atoms with Crippen LogP contribution in [0.5, 0.6) is 5.75 Å². The molecule has 1 aliphatic carbocycles. The van der Waals surface area contributed by atoms with Gasteiger partial charge >= 0.3 is 24.2 Å². The minimum Gasteiger partial charge on any atom is -0.495 e. The summed E-state index contributed by atoms with van der Waals surface area (Å²) in [5, 5.41) is 22.3. The molecule has 3 heterocycles. The Bertz CT molecular complexity index is 3050. The normalized spacial score (nSPS) is 25.0. The molecule has 25 nitrogen and oxygen atoms in total. The van der Waals surface area contributed by atoms with Crippen LogP contribution in [0.4, 0.5) is 36.2 Å². The predicted octanol–water partition coefficient (Wildman–Crippen LogP) is 8.24. The fraction of sp³-hybridized carbons (Fsp3) is 0.565. The van der Waals surface area contributed by atoms with Gasteiger partial charge in [0.05, 0.1) is 42.0 Å². The number of halogens is 2. The standard InChI is InChI=1S/C62H84BrClN8O17S/c1-37-17-16-20-48(84-10)62(82)34-47(87-58(79)68-62)38(2)55-61(4,89-55)49(33-53(76)72(8)45-31-41(29-37)32-46(83-9)54(45)64)88-56(77)39(3)71(7)52(75)24-28-90-60(81)70(6)27-26-69(5)59(80)85-36-40-21-22-43(44(30-40)66-50(73)23-25-65-51(74)35-63)67-57(78)86-42-18-14-12-11-13-15-19-42/h14,16-18,20-22,30-32,38-39,42,47-49,55,82H,11-13,15,19,23-29,33-36H2,1-10H3,(H,65,74)(H,66,73)(H,67,78)(H,68,79)/b18-14+,20-16+,37-17+/t38-,39+,42?,47+,48-,49+,55?,61+,62+/m1/s1. The summed E-state index contributed by atoms with van der Waals surface area (Å²) < 4.78 is 40.7. The summed E-state index contributed by atoms with van der Waals surface area (Å²) in [6.45, 7) is 6.79. The molecule has 0 aromatic heterocycles. The molecule has 5 N–H and O–H groups in total. The lowest BCUT2D eigenvalue weighted by Gasteiger charge is -2.42. The zero-order valence-electron chi connectivity index (χ0n) is 52.6. The lowest BCUT2D eigenvalue weighted by atomic mass is 9.83. The van der Waals surface area contributed by atoms with E-state index in [1.165, 1.54) is 68.9 Å². The molecule has 90 heavy (non-hydrogen) atoms. The molecule has 4 aliphatic rings. The van der Waals surface area contributed by atoms with Gasteiger partial charge in [-0.1, -0.05) is 88.6 Å². The van der Waals surface area contributed by atoms with Gasteiger partial charge in [0.25, 0.3) is 5.24 Å². The number of alkyl halides is 1. The zero-order chi connectivity index (χ0) is 66.0. The molecule has 2 aromatic carbocycles. The minimum atomic E-state index is -1.90. The van der Waals surface area contributed by atoms with Crippen LogP contribution >= 0.6 is 39.3 Å². The van der Waals surface area contributed by atoms with E-state index in [1.807, 2.05) is 25.2 Å². The second kappa shape index (κ2) is 33.4. The summed E-state index contributed by atoms with van der Waals surface area (Å²) in [6.07, 6.45) is 6.56. The number of amides is 8. The smallest absolute Gasteiger partial charge is 0.412 e. The number of ether oxygens (including phenoxy) is 7. The highest BCUT2D eigenvalue weighted by molar-refractivity contribution is 9.09. The number of benzene rings is 2. The van der Waals surface area contributed by atoms with E-state index in [9.17, 15) is 48.3 Å². The maximum absolute atomic E-state index is 14.4. The van der Waals surface area contributed by atoms with Crippen LogP contribution < -0.4 is 30.9 Å². The molecule has 4 bridgehead atoms. The largest absolute Gasteiger partial charge is 0.495 e. The molecule has 2 saturated heterocycles. The molecular weight excluding hydrogens is 1280 g/mol. The Labute approximate surface area is 542 Å². The zero-order valence-corrected chi connectivity index (χ0v) is 55.7. The van der Waals surface area contributed by atoms with Crippen molar-refractivity contribution in [3.63, 3.8) is 0 Å². The summed E-state index contributed by atoms with van der Waals surface area (Å²) in [5.41, 5.74) is -0.366. The van der Waals surface area contributed by atoms with Crippen molar-refractivity contribution in [1.82, 2.24) is 25.3 Å². The first-order valence-electron chi connectivity index (χ1n) is 29.7. The second-order valence-electron chi connectivity index (χ2n) is 23.0. The van der Waals surface area contributed by atoms with E-state index in [4.69, 9.17) is 44.8 Å². The van der Waals surface area contributed by atoms with Crippen LogP contribution in [0.3, 0.4) is 0 Å². The Hall–Kier alpha value is -6.91. The van der Waals surface area contributed by atoms with Crippen LogP contribution in [0.15, 0.2) is 66.3 Å². The van der Waals surface area contributed by atoms with E-state index in [0.717, 1.165) is 48.6 Å². The van der Waals surface area contributed by atoms with Gasteiger partial charge < -0.3 is 68.5 Å². The molecule has 3 aliphatic heterocycles. The van der Waals surface area contributed by atoms with E-state index < -0.39 is 107 Å². The van der Waals surface area contributed by atoms with Gasteiger partial charge in [-0.25, -0.2) is 19.2 Å². The van der Waals surface area contributed by atoms with Crippen molar-refractivity contribution < 1.29 is 81.4 Å². The van der Waals surface area contributed by atoms with E-state index in [0.29, 0.717) is 29.8 Å². The number of nitrogens with zero attached hydrogens (tertiary/aromatic N) is 4. The van der Waals surface area contributed by atoms with Gasteiger partial charge in [0.1, 0.15) is 53.4 Å². The number of anilines is 3. The van der Waals surface area contributed by atoms with Gasteiger partial charge in [0, 0.05) is 85.9 Å². The van der Waals surface area contributed by atoms with E-state index in [1.54, 1.807) is 56.3 Å². The van der Waals surface area contributed by atoms with E-state index in [-0.39, 0.29) is 78.9 Å². The fourth-order valence-corrected chi connectivity index (χ4v) is 11.7. The molecule has 2 fully saturated rings. The second-order valence-corrected chi connectivity index (χ2v) is 24.9. The number of likely N-dealkylation sites (N-methyl/N-ethyl adjacent to an activating group) is 3. The minimum absolute atomic E-state index is 0.0344. The molecular formula is C62H84BrClN8O17S. The summed E-state index contributed by atoms with van der Waals surface area (Å²) in [6, 6.07) is 7.03. The van der Waals surface area contributed by atoms with Gasteiger partial charge in [0.2, 0.25) is 23.6 Å². The number of methoxy groups -OCH3 is 2. The maximum Gasteiger partial charge on any atom is 0.412 e. The number of nitrogens with one attached hydrogen (secondary N) is 4. The molecule has 2 unspecified atom stereocenters. The molecule has 494 valence electrons. The van der Waals surface area contributed by atoms with Crippen LogP contribution in [0.1, 0.15) is 96.6 Å². The highest BCUT2D eigenvalue weighted by atomic mass is 79.9. The number of rotatable bonds is 20. The van der Waals surface area contributed by atoms with Crippen LogP contribution in [-0.2, 0) is 65.4 Å². The van der Waals surface area contributed by atoms with Crippen molar-refractivity contribution in [2.24, 2.45) is 5.92 Å². The molecule has 28 heteroatoms. The van der Waals surface area contributed by atoms with Gasteiger partial charge in [0.15, 0.2) is 5.72 Å². The number of fused-ring (bicyclic) bond motifs is 5. The van der Waals surface area contributed by atoms with Crippen molar-refractivity contribution in [2.45, 2.75) is 146 Å². The Balaban J connectivity index is 1.03. The van der Waals surface area contributed by atoms with Gasteiger partial charge in [-0.2, -0.15) is 0 Å². The van der Waals surface area contributed by atoms with Crippen molar-refractivity contribution in [3.05, 3.63) is 82.4 Å². The number of alkyl carbamates (subject to hydrolysis) is 1. The van der Waals surface area contributed by atoms with Gasteiger partial charge in [-0.05, 0) is 94.3 Å². The lowest BCUT2D eigenvalue weighted by molar-refractivity contribution is -0.162. The number of esters is 1. The quantitative estimate of drug-likeness (QED) is 0.0274. The molecule has 0 saturated carbocycles. The van der Waals surface area contributed by atoms with Crippen LogP contribution in [0.25, 0.3) is 0 Å². The monoisotopic (exact) mass is 1360 g/mol. The van der Waals surface area contributed by atoms with Crippen molar-refractivity contribution in [3.8, 4) is 5.75 Å². The van der Waals surface area contributed by atoms with Crippen LogP contribution in [-0.4, -0.2) is 194 Å². The van der Waals surface area contributed by atoms with Crippen LogP contribution in [0, 0.1) is 5.92 Å². The van der Waals surface area contributed by atoms with Gasteiger partial charge in [-0.3, -0.25) is 34.6 Å². The third-order valence-electron chi connectivity index (χ3n) is 16.2. The highest BCUT2D eigenvalue weighted by Gasteiger charge is 2.64.